The Morgan fingerprint density at radius 2 is 2.00 bits per heavy atom. The molecule has 0 aliphatic heterocycles. The number of imidazole rings is 1. The minimum Gasteiger partial charge on any atom is -0.327 e. The molecule has 0 spiro atoms. The van der Waals surface area contributed by atoms with Crippen molar-refractivity contribution < 1.29 is 13.2 Å². The summed E-state index contributed by atoms with van der Waals surface area (Å²) in [7, 11) is 0. The highest BCUT2D eigenvalue weighted by molar-refractivity contribution is 9.10. The number of halogens is 4. The molecular formula is C12H12BrF3N6O. The number of nitrogens with zero attached hydrogens (tertiary/aromatic N) is 5. The van der Waals surface area contributed by atoms with Crippen LogP contribution in [-0.2, 0) is 6.54 Å². The van der Waals surface area contributed by atoms with Crippen molar-refractivity contribution in [2.45, 2.75) is 38.9 Å². The van der Waals surface area contributed by atoms with Crippen LogP contribution in [0.5, 0.6) is 0 Å². The van der Waals surface area contributed by atoms with Gasteiger partial charge in [-0.15, -0.1) is 10.2 Å². The molecule has 3 aromatic heterocycles. The van der Waals surface area contributed by atoms with Crippen molar-refractivity contribution in [3.05, 3.63) is 20.9 Å². The largest absolute Gasteiger partial charge is 0.389 e. The second kappa shape index (κ2) is 5.62. The first-order valence-electron chi connectivity index (χ1n) is 6.84. The zero-order chi connectivity index (χ0) is 16.8. The SMILES string of the molecule is Cc1nnc2n(CCCCC(F)(F)F)c3nc(Br)[nH]c3c(=O)n12. The van der Waals surface area contributed by atoms with Gasteiger partial charge in [0.15, 0.2) is 15.9 Å². The quantitative estimate of drug-likeness (QED) is 0.546. The van der Waals surface area contributed by atoms with Crippen LogP contribution in [0.4, 0.5) is 13.2 Å². The maximum absolute atomic E-state index is 12.4. The Bertz CT molecular complexity index is 921. The number of aromatic amines is 1. The van der Waals surface area contributed by atoms with Crippen molar-refractivity contribution in [3.63, 3.8) is 0 Å². The van der Waals surface area contributed by atoms with Gasteiger partial charge in [-0.3, -0.25) is 9.36 Å². The summed E-state index contributed by atoms with van der Waals surface area (Å²) >= 11 is 3.17. The molecule has 7 nitrogen and oxygen atoms in total. The van der Waals surface area contributed by atoms with Gasteiger partial charge in [0.05, 0.1) is 0 Å². The van der Waals surface area contributed by atoms with E-state index < -0.39 is 12.6 Å². The van der Waals surface area contributed by atoms with Gasteiger partial charge in [-0.05, 0) is 35.7 Å². The van der Waals surface area contributed by atoms with Crippen molar-refractivity contribution in [2.75, 3.05) is 0 Å². The van der Waals surface area contributed by atoms with Crippen molar-refractivity contribution >= 4 is 32.9 Å². The normalized spacial score (nSPS) is 12.6. The molecule has 0 fully saturated rings. The van der Waals surface area contributed by atoms with Crippen LogP contribution in [0.15, 0.2) is 9.53 Å². The van der Waals surface area contributed by atoms with E-state index in [1.165, 1.54) is 4.40 Å². The zero-order valence-corrected chi connectivity index (χ0v) is 13.6. The highest BCUT2D eigenvalue weighted by Crippen LogP contribution is 2.23. The Balaban J connectivity index is 2.03. The van der Waals surface area contributed by atoms with E-state index in [2.05, 4.69) is 36.1 Å². The number of unbranched alkanes of at least 4 members (excludes halogenated alkanes) is 1. The number of alkyl halides is 3. The second-order valence-electron chi connectivity index (χ2n) is 5.14. The van der Waals surface area contributed by atoms with Gasteiger partial charge in [0.2, 0.25) is 5.78 Å². The van der Waals surface area contributed by atoms with Crippen molar-refractivity contribution in [1.82, 2.24) is 29.1 Å². The second-order valence-corrected chi connectivity index (χ2v) is 5.89. The summed E-state index contributed by atoms with van der Waals surface area (Å²) in [5.74, 6) is 0.674. The third-order valence-corrected chi connectivity index (χ3v) is 3.85. The fourth-order valence-corrected chi connectivity index (χ4v) is 2.82. The summed E-state index contributed by atoms with van der Waals surface area (Å²) in [5, 5.41) is 7.82. The molecule has 3 rings (SSSR count). The maximum Gasteiger partial charge on any atom is 0.389 e. The van der Waals surface area contributed by atoms with Crippen LogP contribution >= 0.6 is 15.9 Å². The number of hydrogen-bond donors (Lipinski definition) is 1. The monoisotopic (exact) mass is 392 g/mol. The predicted octanol–water partition coefficient (Wildman–Crippen LogP) is 2.57. The number of nitrogens with one attached hydrogen (secondary N) is 1. The molecule has 0 atom stereocenters. The number of aromatic nitrogens is 6. The summed E-state index contributed by atoms with van der Waals surface area (Å²) in [4.78, 5) is 19.4. The smallest absolute Gasteiger partial charge is 0.327 e. The van der Waals surface area contributed by atoms with Gasteiger partial charge < -0.3 is 4.98 Å². The van der Waals surface area contributed by atoms with Crippen molar-refractivity contribution in [2.24, 2.45) is 0 Å². The molecule has 124 valence electrons. The van der Waals surface area contributed by atoms with E-state index in [-0.39, 0.29) is 36.2 Å². The van der Waals surface area contributed by atoms with Crippen molar-refractivity contribution in [1.29, 1.82) is 0 Å². The van der Waals surface area contributed by atoms with Crippen LogP contribution in [0.25, 0.3) is 16.9 Å². The van der Waals surface area contributed by atoms with Crippen LogP contribution in [0.3, 0.4) is 0 Å². The molecule has 11 heteroatoms. The highest BCUT2D eigenvalue weighted by Gasteiger charge is 2.26. The van der Waals surface area contributed by atoms with Crippen LogP contribution < -0.4 is 5.56 Å². The molecule has 0 aliphatic carbocycles. The first-order valence-corrected chi connectivity index (χ1v) is 7.64. The summed E-state index contributed by atoms with van der Waals surface area (Å²) in [6.07, 6.45) is -4.75. The van der Waals surface area contributed by atoms with Gasteiger partial charge in [0.1, 0.15) is 5.82 Å². The number of hydrogen-bond acceptors (Lipinski definition) is 4. The zero-order valence-electron chi connectivity index (χ0n) is 12.0. The Morgan fingerprint density at radius 3 is 2.70 bits per heavy atom. The molecule has 3 heterocycles. The lowest BCUT2D eigenvalue weighted by molar-refractivity contribution is -0.135. The Hall–Kier alpha value is -1.91. The molecule has 0 saturated carbocycles. The maximum atomic E-state index is 12.4. The standard InChI is InChI=1S/C12H12BrF3N6O/c1-6-19-20-11-21(5-3-2-4-12(14,15)16)8-7(9(23)22(6)11)17-10(13)18-8/h2-5H2,1H3,(H,17,18). The summed E-state index contributed by atoms with van der Waals surface area (Å²) < 4.78 is 40.0. The third-order valence-electron chi connectivity index (χ3n) is 3.47. The molecule has 0 unspecified atom stereocenters. The minimum absolute atomic E-state index is 0.0119. The van der Waals surface area contributed by atoms with E-state index in [1.54, 1.807) is 11.5 Å². The van der Waals surface area contributed by atoms with Gasteiger partial charge in [-0.2, -0.15) is 13.2 Å². The number of rotatable bonds is 4. The van der Waals surface area contributed by atoms with Gasteiger partial charge in [-0.25, -0.2) is 9.38 Å². The summed E-state index contributed by atoms with van der Waals surface area (Å²) in [6.45, 7) is 1.89. The van der Waals surface area contributed by atoms with E-state index in [9.17, 15) is 18.0 Å². The highest BCUT2D eigenvalue weighted by atomic mass is 79.9. The van der Waals surface area contributed by atoms with Gasteiger partial charge in [-0.1, -0.05) is 0 Å². The van der Waals surface area contributed by atoms with Crippen LogP contribution in [0.2, 0.25) is 0 Å². The molecule has 0 radical (unpaired) electrons. The first kappa shape index (κ1) is 16.0. The molecule has 23 heavy (non-hydrogen) atoms. The topological polar surface area (TPSA) is 80.9 Å². The molecule has 1 N–H and O–H groups in total. The van der Waals surface area contributed by atoms with E-state index in [0.717, 1.165) is 0 Å². The molecule has 0 aromatic carbocycles. The third kappa shape index (κ3) is 2.96. The van der Waals surface area contributed by atoms with Gasteiger partial charge >= 0.3 is 6.18 Å². The fraction of sp³-hybridized carbons (Fsp3) is 0.500. The Labute approximate surface area is 135 Å². The molecule has 0 amide bonds. The Morgan fingerprint density at radius 1 is 1.26 bits per heavy atom. The fourth-order valence-electron chi connectivity index (χ4n) is 2.45. The molecular weight excluding hydrogens is 381 g/mol. The van der Waals surface area contributed by atoms with E-state index in [0.29, 0.717) is 16.2 Å². The predicted molar refractivity (Wildman–Crippen MR) is 79.2 cm³/mol. The van der Waals surface area contributed by atoms with E-state index >= 15 is 0 Å². The van der Waals surface area contributed by atoms with E-state index in [4.69, 9.17) is 0 Å². The lowest BCUT2D eigenvalue weighted by Crippen LogP contribution is -2.20. The lowest BCUT2D eigenvalue weighted by Gasteiger charge is -2.10. The van der Waals surface area contributed by atoms with Crippen LogP contribution in [0.1, 0.15) is 25.1 Å². The van der Waals surface area contributed by atoms with Crippen molar-refractivity contribution in [3.8, 4) is 0 Å². The lowest BCUT2D eigenvalue weighted by atomic mass is 10.2. The molecule has 0 saturated heterocycles. The number of fused-ring (bicyclic) bond motifs is 2. The summed E-state index contributed by atoms with van der Waals surface area (Å²) in [5.41, 5.74) is 0.249. The van der Waals surface area contributed by atoms with Crippen LogP contribution in [0, 0.1) is 6.92 Å². The van der Waals surface area contributed by atoms with E-state index in [1.807, 2.05) is 0 Å². The minimum atomic E-state index is -4.17. The van der Waals surface area contributed by atoms with Gasteiger partial charge in [0, 0.05) is 13.0 Å². The van der Waals surface area contributed by atoms with Crippen LogP contribution in [-0.4, -0.2) is 35.3 Å². The van der Waals surface area contributed by atoms with Gasteiger partial charge in [0.25, 0.3) is 5.56 Å². The molecule has 0 bridgehead atoms. The number of aryl methyl sites for hydroxylation is 2. The average molecular weight is 393 g/mol. The molecule has 0 aliphatic rings. The Kier molecular flexibility index (Phi) is 3.90. The first-order chi connectivity index (χ1) is 10.8. The molecule has 3 aromatic rings. The summed E-state index contributed by atoms with van der Waals surface area (Å²) in [6, 6.07) is 0. The average Bonchev–Trinajstić information content (AvgIpc) is 3.01. The number of H-pyrrole nitrogens is 1.